The van der Waals surface area contributed by atoms with Crippen LogP contribution in [0.25, 0.3) is 0 Å². The molecule has 2 aliphatic rings. The molecular formula is C25H31ClN2O2S. The number of piperidine rings is 1. The number of nitrogens with zero attached hydrogens (tertiary/aromatic N) is 1. The molecule has 1 N–H and O–H groups in total. The maximum atomic E-state index is 13.3. The number of thioether (sulfide) groups is 1. The highest BCUT2D eigenvalue weighted by Gasteiger charge is 2.48. The second kappa shape index (κ2) is 10.3. The Morgan fingerprint density at radius 2 is 1.90 bits per heavy atom. The molecule has 2 fully saturated rings. The molecule has 4 atom stereocenters. The second-order valence-electron chi connectivity index (χ2n) is 8.58. The number of nitrogens with one attached hydrogen (secondary N) is 1. The molecule has 2 saturated heterocycles. The topological polar surface area (TPSA) is 41.6 Å². The predicted octanol–water partition coefficient (Wildman–Crippen LogP) is 4.96. The van der Waals surface area contributed by atoms with E-state index in [1.54, 1.807) is 7.11 Å². The van der Waals surface area contributed by atoms with E-state index in [2.05, 4.69) is 41.5 Å². The molecule has 0 radical (unpaired) electrons. The number of benzene rings is 2. The molecule has 2 aliphatic heterocycles. The average molecular weight is 459 g/mol. The number of ether oxygens (including phenoxy) is 1. The van der Waals surface area contributed by atoms with Crippen LogP contribution in [-0.4, -0.2) is 49.3 Å². The Kier molecular flexibility index (Phi) is 7.47. The fourth-order valence-corrected chi connectivity index (χ4v) is 6.10. The van der Waals surface area contributed by atoms with Crippen molar-refractivity contribution in [1.29, 1.82) is 0 Å². The third-order valence-electron chi connectivity index (χ3n) is 6.84. The van der Waals surface area contributed by atoms with Crippen LogP contribution in [0, 0.1) is 5.92 Å². The van der Waals surface area contributed by atoms with Gasteiger partial charge in [0, 0.05) is 35.2 Å². The number of hydrogen-bond acceptors (Lipinski definition) is 4. The van der Waals surface area contributed by atoms with Gasteiger partial charge in [0.15, 0.2) is 0 Å². The molecule has 4 rings (SSSR count). The largest absolute Gasteiger partial charge is 0.497 e. The van der Waals surface area contributed by atoms with Crippen LogP contribution in [0.15, 0.2) is 48.5 Å². The van der Waals surface area contributed by atoms with Crippen molar-refractivity contribution in [2.75, 3.05) is 26.5 Å². The lowest BCUT2D eigenvalue weighted by atomic mass is 9.75. The van der Waals surface area contributed by atoms with Crippen LogP contribution in [0.4, 0.5) is 0 Å². The normalized spacial score (nSPS) is 25.4. The van der Waals surface area contributed by atoms with Crippen LogP contribution in [0.1, 0.15) is 36.3 Å². The highest BCUT2D eigenvalue weighted by atomic mass is 35.5. The summed E-state index contributed by atoms with van der Waals surface area (Å²) in [7, 11) is 3.87. The summed E-state index contributed by atoms with van der Waals surface area (Å²) in [4.78, 5) is 15.7. The van der Waals surface area contributed by atoms with E-state index in [1.165, 1.54) is 17.5 Å². The SMILES string of the molecule is COc1ccc(CSCCNC(=O)[C@H]2[C@@H](c3ccc(Cl)cc3)C[C@@H]3CC[C@H]2N3C)cc1. The number of fused-ring (bicyclic) bond motifs is 2. The summed E-state index contributed by atoms with van der Waals surface area (Å²) in [6.45, 7) is 0.698. The molecule has 0 unspecified atom stereocenters. The van der Waals surface area contributed by atoms with Gasteiger partial charge in [0.05, 0.1) is 13.0 Å². The highest BCUT2D eigenvalue weighted by molar-refractivity contribution is 7.98. The molecule has 31 heavy (non-hydrogen) atoms. The van der Waals surface area contributed by atoms with E-state index in [1.807, 2.05) is 36.0 Å². The number of methoxy groups -OCH3 is 1. The minimum absolute atomic E-state index is 0.00323. The Balaban J connectivity index is 1.33. The van der Waals surface area contributed by atoms with Gasteiger partial charge in [-0.2, -0.15) is 11.8 Å². The summed E-state index contributed by atoms with van der Waals surface area (Å²) in [5, 5.41) is 3.98. The lowest BCUT2D eigenvalue weighted by molar-refractivity contribution is -0.129. The van der Waals surface area contributed by atoms with E-state index in [4.69, 9.17) is 16.3 Å². The molecule has 0 spiro atoms. The fourth-order valence-electron chi connectivity index (χ4n) is 5.15. The standard InChI is InChI=1S/C25H31ClN2O2S/c1-28-20-9-12-23(28)24(22(15-20)18-5-7-19(26)8-6-18)25(29)27-13-14-31-16-17-3-10-21(30-2)11-4-17/h3-8,10-11,20,22-24H,9,12-16H2,1-2H3,(H,27,29)/t20-,22+,23+,24-/m0/s1. The Morgan fingerprint density at radius 1 is 1.16 bits per heavy atom. The van der Waals surface area contributed by atoms with E-state index in [0.29, 0.717) is 18.6 Å². The van der Waals surface area contributed by atoms with Gasteiger partial charge >= 0.3 is 0 Å². The van der Waals surface area contributed by atoms with Crippen molar-refractivity contribution < 1.29 is 9.53 Å². The Labute approximate surface area is 194 Å². The van der Waals surface area contributed by atoms with Gasteiger partial charge in [-0.15, -0.1) is 0 Å². The van der Waals surface area contributed by atoms with Crippen molar-refractivity contribution in [1.82, 2.24) is 10.2 Å². The molecule has 2 aromatic carbocycles. The monoisotopic (exact) mass is 458 g/mol. The summed E-state index contributed by atoms with van der Waals surface area (Å²) < 4.78 is 5.21. The van der Waals surface area contributed by atoms with Gasteiger partial charge in [-0.25, -0.2) is 0 Å². The number of rotatable bonds is 8. The van der Waals surface area contributed by atoms with E-state index < -0.39 is 0 Å². The smallest absolute Gasteiger partial charge is 0.225 e. The summed E-state index contributed by atoms with van der Waals surface area (Å²) in [6.07, 6.45) is 3.33. The van der Waals surface area contributed by atoms with Crippen LogP contribution in [0.2, 0.25) is 5.02 Å². The van der Waals surface area contributed by atoms with Gasteiger partial charge in [-0.05, 0) is 67.6 Å². The fraction of sp³-hybridized carbons (Fsp3) is 0.480. The third-order valence-corrected chi connectivity index (χ3v) is 8.13. The van der Waals surface area contributed by atoms with Crippen molar-refractivity contribution in [3.8, 4) is 5.75 Å². The van der Waals surface area contributed by atoms with Gasteiger partial charge < -0.3 is 10.1 Å². The summed E-state index contributed by atoms with van der Waals surface area (Å²) in [5.74, 6) is 3.17. The first-order chi connectivity index (χ1) is 15.1. The van der Waals surface area contributed by atoms with Gasteiger partial charge in [0.2, 0.25) is 5.91 Å². The number of carbonyl (C=O) groups excluding carboxylic acids is 1. The summed E-state index contributed by atoms with van der Waals surface area (Å²) in [5.41, 5.74) is 2.51. The maximum Gasteiger partial charge on any atom is 0.225 e. The maximum absolute atomic E-state index is 13.3. The molecule has 166 valence electrons. The van der Waals surface area contributed by atoms with Crippen molar-refractivity contribution in [3.63, 3.8) is 0 Å². The Bertz CT molecular complexity index is 874. The second-order valence-corrected chi connectivity index (χ2v) is 10.1. The Morgan fingerprint density at radius 3 is 2.61 bits per heavy atom. The highest BCUT2D eigenvalue weighted by Crippen LogP contribution is 2.46. The average Bonchev–Trinajstić information content (AvgIpc) is 3.02. The third kappa shape index (κ3) is 5.21. The molecule has 2 aromatic rings. The molecule has 0 aromatic heterocycles. The number of carbonyl (C=O) groups is 1. The zero-order valence-electron chi connectivity index (χ0n) is 18.2. The van der Waals surface area contributed by atoms with Crippen LogP contribution >= 0.6 is 23.4 Å². The van der Waals surface area contributed by atoms with Crippen molar-refractivity contribution in [2.24, 2.45) is 5.92 Å². The van der Waals surface area contributed by atoms with Gasteiger partial charge in [0.1, 0.15) is 5.75 Å². The number of halogens is 1. The molecule has 0 saturated carbocycles. The van der Waals surface area contributed by atoms with Crippen LogP contribution < -0.4 is 10.1 Å². The van der Waals surface area contributed by atoms with Crippen LogP contribution in [0.3, 0.4) is 0 Å². The minimum Gasteiger partial charge on any atom is -0.497 e. The number of hydrogen-bond donors (Lipinski definition) is 1. The van der Waals surface area contributed by atoms with Gasteiger partial charge in [-0.3, -0.25) is 9.69 Å². The van der Waals surface area contributed by atoms with Crippen LogP contribution in [0.5, 0.6) is 5.75 Å². The first kappa shape index (κ1) is 22.5. The molecule has 4 nitrogen and oxygen atoms in total. The number of amides is 1. The Hall–Kier alpha value is -1.69. The van der Waals surface area contributed by atoms with E-state index in [0.717, 1.165) is 35.1 Å². The molecule has 2 bridgehead atoms. The van der Waals surface area contributed by atoms with E-state index in [-0.39, 0.29) is 17.7 Å². The zero-order valence-corrected chi connectivity index (χ0v) is 19.8. The van der Waals surface area contributed by atoms with Gasteiger partial charge in [0.25, 0.3) is 0 Å². The van der Waals surface area contributed by atoms with Crippen molar-refractivity contribution in [2.45, 2.75) is 43.0 Å². The van der Waals surface area contributed by atoms with Gasteiger partial charge in [-0.1, -0.05) is 35.9 Å². The van der Waals surface area contributed by atoms with Crippen LogP contribution in [-0.2, 0) is 10.5 Å². The van der Waals surface area contributed by atoms with Crippen molar-refractivity contribution in [3.05, 3.63) is 64.7 Å². The zero-order chi connectivity index (χ0) is 21.8. The molecular weight excluding hydrogens is 428 g/mol. The molecule has 1 amide bonds. The lowest BCUT2D eigenvalue weighted by Crippen LogP contribution is -2.51. The molecule has 2 heterocycles. The minimum atomic E-state index is -0.00323. The summed E-state index contributed by atoms with van der Waals surface area (Å²) >= 11 is 7.95. The predicted molar refractivity (Wildman–Crippen MR) is 129 cm³/mol. The first-order valence-corrected chi connectivity index (χ1v) is 12.6. The van der Waals surface area contributed by atoms with E-state index in [9.17, 15) is 4.79 Å². The quantitative estimate of drug-likeness (QED) is 0.567. The molecule has 6 heteroatoms. The van der Waals surface area contributed by atoms with E-state index >= 15 is 0 Å². The lowest BCUT2D eigenvalue weighted by Gasteiger charge is -2.42. The molecule has 0 aliphatic carbocycles. The first-order valence-electron chi connectivity index (χ1n) is 11.0. The van der Waals surface area contributed by atoms with Crippen molar-refractivity contribution >= 4 is 29.3 Å². The summed E-state index contributed by atoms with van der Waals surface area (Å²) in [6, 6.07) is 17.2.